The van der Waals surface area contributed by atoms with Crippen molar-refractivity contribution in [3.63, 3.8) is 0 Å². The highest BCUT2D eigenvalue weighted by Crippen LogP contribution is 2.60. The molecule has 3 nitrogen and oxygen atoms in total. The Morgan fingerprint density at radius 3 is 2.33 bits per heavy atom. The second kappa shape index (κ2) is 7.08. The van der Waals surface area contributed by atoms with Crippen molar-refractivity contribution in [1.82, 2.24) is 10.2 Å². The topological polar surface area (TPSA) is 32.3 Å². The van der Waals surface area contributed by atoms with Gasteiger partial charge in [0.05, 0.1) is 0 Å². The lowest BCUT2D eigenvalue weighted by Crippen LogP contribution is -2.55. The van der Waals surface area contributed by atoms with Crippen molar-refractivity contribution in [1.29, 1.82) is 0 Å². The second-order valence-corrected chi connectivity index (χ2v) is 10.3. The van der Waals surface area contributed by atoms with Crippen LogP contribution in [0.4, 0.5) is 0 Å². The van der Waals surface area contributed by atoms with Gasteiger partial charge in [-0.1, -0.05) is 23.7 Å². The van der Waals surface area contributed by atoms with E-state index >= 15 is 0 Å². The summed E-state index contributed by atoms with van der Waals surface area (Å²) in [5.41, 5.74) is 1.33. The molecule has 4 heteroatoms. The highest BCUT2D eigenvalue weighted by atomic mass is 35.5. The predicted octanol–water partition coefficient (Wildman–Crippen LogP) is 4.29. The van der Waals surface area contributed by atoms with Gasteiger partial charge in [0.15, 0.2) is 0 Å². The average molecular weight is 387 g/mol. The maximum absolute atomic E-state index is 13.2. The average Bonchev–Trinajstić information content (AvgIpc) is 3.07. The summed E-state index contributed by atoms with van der Waals surface area (Å²) >= 11 is 5.97. The van der Waals surface area contributed by atoms with Crippen LogP contribution in [0.1, 0.15) is 50.5 Å². The molecule has 1 aromatic carbocycles. The van der Waals surface area contributed by atoms with Gasteiger partial charge in [0.25, 0.3) is 0 Å². The van der Waals surface area contributed by atoms with Crippen molar-refractivity contribution >= 4 is 17.5 Å². The summed E-state index contributed by atoms with van der Waals surface area (Å²) in [7, 11) is 0. The first-order valence-corrected chi connectivity index (χ1v) is 11.2. The molecule has 1 aliphatic heterocycles. The lowest BCUT2D eigenvalue weighted by molar-refractivity contribution is -0.146. The van der Waals surface area contributed by atoms with Crippen molar-refractivity contribution in [2.45, 2.75) is 57.4 Å². The van der Waals surface area contributed by atoms with Crippen LogP contribution in [0.25, 0.3) is 0 Å². The smallest absolute Gasteiger partial charge is 0.226 e. The first kappa shape index (κ1) is 18.0. The lowest BCUT2D eigenvalue weighted by atomic mass is 9.49. The molecule has 6 rings (SSSR count). The number of halogens is 1. The number of rotatable bonds is 5. The second-order valence-electron chi connectivity index (χ2n) is 9.83. The van der Waals surface area contributed by atoms with E-state index in [0.29, 0.717) is 11.9 Å². The van der Waals surface area contributed by atoms with Gasteiger partial charge in [0.2, 0.25) is 5.91 Å². The minimum Gasteiger partial charge on any atom is -0.352 e. The van der Waals surface area contributed by atoms with Crippen LogP contribution in [0.3, 0.4) is 0 Å². The highest BCUT2D eigenvalue weighted by Gasteiger charge is 2.54. The third-order valence-corrected chi connectivity index (χ3v) is 8.01. The maximum Gasteiger partial charge on any atom is 0.226 e. The Morgan fingerprint density at radius 1 is 1.07 bits per heavy atom. The van der Waals surface area contributed by atoms with Gasteiger partial charge in [0, 0.05) is 36.1 Å². The van der Waals surface area contributed by atoms with Crippen LogP contribution in [0.15, 0.2) is 24.3 Å². The first-order chi connectivity index (χ1) is 13.1. The number of benzene rings is 1. The third-order valence-electron chi connectivity index (χ3n) is 7.76. The Kier molecular flexibility index (Phi) is 4.72. The lowest BCUT2D eigenvalue weighted by Gasteiger charge is -2.55. The Balaban J connectivity index is 1.13. The number of carbonyl (C=O) groups is 1. The number of nitrogens with zero attached hydrogens (tertiary/aromatic N) is 1. The zero-order valence-electron chi connectivity index (χ0n) is 16.1. The number of hydrogen-bond donors (Lipinski definition) is 1. The molecule has 1 aromatic rings. The largest absolute Gasteiger partial charge is 0.352 e. The molecule has 0 aromatic heterocycles. The molecular formula is C23H31ClN2O. The van der Waals surface area contributed by atoms with E-state index < -0.39 is 0 Å². The molecule has 5 aliphatic rings. The first-order valence-electron chi connectivity index (χ1n) is 10.9. The van der Waals surface area contributed by atoms with Crippen molar-refractivity contribution in [2.24, 2.45) is 23.2 Å². The summed E-state index contributed by atoms with van der Waals surface area (Å²) in [6, 6.07) is 8.51. The number of hydrogen-bond acceptors (Lipinski definition) is 2. The molecule has 4 saturated carbocycles. The molecule has 1 N–H and O–H groups in total. The fourth-order valence-electron chi connectivity index (χ4n) is 6.82. The van der Waals surface area contributed by atoms with Crippen LogP contribution in [0.2, 0.25) is 5.02 Å². The molecule has 1 amide bonds. The van der Waals surface area contributed by atoms with E-state index in [1.54, 1.807) is 0 Å². The fraction of sp³-hybridized carbons (Fsp3) is 0.696. The van der Waals surface area contributed by atoms with Crippen LogP contribution in [-0.2, 0) is 11.2 Å². The zero-order chi connectivity index (χ0) is 18.4. The van der Waals surface area contributed by atoms with Gasteiger partial charge in [-0.2, -0.15) is 0 Å². The summed E-state index contributed by atoms with van der Waals surface area (Å²) in [6.07, 6.45) is 9.83. The van der Waals surface area contributed by atoms with Gasteiger partial charge < -0.3 is 10.2 Å². The van der Waals surface area contributed by atoms with E-state index in [0.717, 1.165) is 55.3 Å². The monoisotopic (exact) mass is 386 g/mol. The quantitative estimate of drug-likeness (QED) is 0.818. The molecule has 27 heavy (non-hydrogen) atoms. The number of carbonyl (C=O) groups excluding carboxylic acids is 1. The molecule has 146 valence electrons. The normalized spacial score (nSPS) is 37.7. The van der Waals surface area contributed by atoms with Gasteiger partial charge in [-0.15, -0.1) is 0 Å². The molecule has 1 heterocycles. The maximum atomic E-state index is 13.2. The summed E-state index contributed by atoms with van der Waals surface area (Å²) in [4.78, 5) is 15.7. The molecule has 0 radical (unpaired) electrons. The zero-order valence-corrected chi connectivity index (χ0v) is 16.9. The summed E-state index contributed by atoms with van der Waals surface area (Å²) in [6.45, 7) is 3.16. The van der Waals surface area contributed by atoms with Crippen molar-refractivity contribution in [3.05, 3.63) is 34.9 Å². The van der Waals surface area contributed by atoms with Crippen LogP contribution in [0, 0.1) is 23.2 Å². The number of likely N-dealkylation sites (tertiary alicyclic amines) is 1. The van der Waals surface area contributed by atoms with E-state index in [1.165, 1.54) is 44.1 Å². The van der Waals surface area contributed by atoms with Crippen LogP contribution in [0.5, 0.6) is 0 Å². The Labute approximate surface area is 167 Å². The van der Waals surface area contributed by atoms with E-state index in [4.69, 9.17) is 11.6 Å². The van der Waals surface area contributed by atoms with Crippen LogP contribution in [-0.4, -0.2) is 36.5 Å². The number of amides is 1. The SMILES string of the molecule is O=C(NC1CCN(CCc2ccc(Cl)cc2)C1)C12CC3CC(CC(C3)C1)C2. The minimum absolute atomic E-state index is 0.00846. The highest BCUT2D eigenvalue weighted by molar-refractivity contribution is 6.30. The molecular weight excluding hydrogens is 356 g/mol. The van der Waals surface area contributed by atoms with Gasteiger partial charge in [-0.3, -0.25) is 4.79 Å². The summed E-state index contributed by atoms with van der Waals surface area (Å²) < 4.78 is 0. The standard InChI is InChI=1S/C23H31ClN2O/c24-20-3-1-16(2-4-20)5-7-26-8-6-21(15-26)25-22(27)23-12-17-9-18(13-23)11-19(10-17)14-23/h1-4,17-19,21H,5-15H2,(H,25,27). The number of nitrogens with one attached hydrogen (secondary N) is 1. The molecule has 5 fully saturated rings. The molecule has 0 spiro atoms. The molecule has 1 saturated heterocycles. The van der Waals surface area contributed by atoms with Crippen molar-refractivity contribution in [2.75, 3.05) is 19.6 Å². The predicted molar refractivity (Wildman–Crippen MR) is 109 cm³/mol. The summed E-state index contributed by atoms with van der Waals surface area (Å²) in [5, 5.41) is 4.27. The Hall–Kier alpha value is -1.06. The summed E-state index contributed by atoms with van der Waals surface area (Å²) in [5.74, 6) is 2.90. The van der Waals surface area contributed by atoms with Gasteiger partial charge in [-0.25, -0.2) is 0 Å². The van der Waals surface area contributed by atoms with Crippen molar-refractivity contribution < 1.29 is 4.79 Å². The van der Waals surface area contributed by atoms with E-state index in [1.807, 2.05) is 12.1 Å². The minimum atomic E-state index is -0.00846. The molecule has 1 atom stereocenters. The van der Waals surface area contributed by atoms with Gasteiger partial charge in [-0.05, 0) is 86.8 Å². The van der Waals surface area contributed by atoms with E-state index in [9.17, 15) is 4.79 Å². The Morgan fingerprint density at radius 2 is 1.70 bits per heavy atom. The Bertz CT molecular complexity index is 666. The molecule has 4 aliphatic carbocycles. The van der Waals surface area contributed by atoms with Crippen LogP contribution < -0.4 is 5.32 Å². The van der Waals surface area contributed by atoms with Crippen molar-refractivity contribution in [3.8, 4) is 0 Å². The fourth-order valence-corrected chi connectivity index (χ4v) is 6.95. The van der Waals surface area contributed by atoms with Crippen LogP contribution >= 0.6 is 11.6 Å². The third kappa shape index (κ3) is 3.65. The molecule has 4 bridgehead atoms. The van der Waals surface area contributed by atoms with E-state index in [-0.39, 0.29) is 5.41 Å². The van der Waals surface area contributed by atoms with Gasteiger partial charge in [0.1, 0.15) is 0 Å². The van der Waals surface area contributed by atoms with E-state index in [2.05, 4.69) is 22.3 Å². The van der Waals surface area contributed by atoms with Gasteiger partial charge >= 0.3 is 0 Å². The molecule has 1 unspecified atom stereocenters.